The third kappa shape index (κ3) is 5.31. The Hall–Kier alpha value is -8.09. The average molecular weight is 755 g/mol. The van der Waals surface area contributed by atoms with E-state index < -0.39 is 0 Å². The standard InChI is InChI=1S/C53H34N6/c1-3-11-36(12-4-1)47-32-56-48(33-55-47)37-21-23-38(24-22-37)57-34-46(45-31-54-28-27-49(45)57)35-19-25-40(26-20-35)59-51-18-10-8-16-42(51)44-29-43-41-15-7-9-17-50(41)58(52(43)30-53(44)59)39-13-5-2-6-14-39/h1-34H. The van der Waals surface area contributed by atoms with Crippen LogP contribution in [0.5, 0.6) is 0 Å². The molecule has 7 aromatic carbocycles. The van der Waals surface area contributed by atoms with Gasteiger partial charge in [0.05, 0.1) is 51.4 Å². The zero-order chi connectivity index (χ0) is 38.9. The lowest BCUT2D eigenvalue weighted by Gasteiger charge is -2.11. The number of para-hydroxylation sites is 3. The van der Waals surface area contributed by atoms with Crippen LogP contribution in [0.4, 0.5) is 0 Å². The molecule has 0 amide bonds. The summed E-state index contributed by atoms with van der Waals surface area (Å²) in [5.74, 6) is 0. The van der Waals surface area contributed by atoms with E-state index in [-0.39, 0.29) is 0 Å². The topological polar surface area (TPSA) is 53.5 Å². The zero-order valence-electron chi connectivity index (χ0n) is 31.8. The van der Waals surface area contributed by atoms with Crippen molar-refractivity contribution in [3.63, 3.8) is 0 Å². The van der Waals surface area contributed by atoms with Crippen LogP contribution < -0.4 is 0 Å². The molecule has 12 rings (SSSR count). The second kappa shape index (κ2) is 13.3. The van der Waals surface area contributed by atoms with Crippen LogP contribution in [0.3, 0.4) is 0 Å². The van der Waals surface area contributed by atoms with Crippen molar-refractivity contribution < 1.29 is 0 Å². The van der Waals surface area contributed by atoms with E-state index >= 15 is 0 Å². The maximum Gasteiger partial charge on any atom is 0.0885 e. The predicted molar refractivity (Wildman–Crippen MR) is 242 cm³/mol. The number of pyridine rings is 1. The average Bonchev–Trinajstić information content (AvgIpc) is 3.97. The molecule has 0 saturated heterocycles. The molecule has 0 aliphatic rings. The summed E-state index contributed by atoms with van der Waals surface area (Å²) in [5.41, 5.74) is 15.2. The highest BCUT2D eigenvalue weighted by Gasteiger charge is 2.19. The van der Waals surface area contributed by atoms with E-state index in [0.717, 1.165) is 61.6 Å². The molecule has 0 aliphatic carbocycles. The Morgan fingerprint density at radius 3 is 1.49 bits per heavy atom. The Morgan fingerprint density at radius 1 is 0.339 bits per heavy atom. The summed E-state index contributed by atoms with van der Waals surface area (Å²) >= 11 is 0. The van der Waals surface area contributed by atoms with E-state index in [0.29, 0.717) is 0 Å². The molecular weight excluding hydrogens is 721 g/mol. The summed E-state index contributed by atoms with van der Waals surface area (Å²) in [6.45, 7) is 0. The number of rotatable bonds is 6. The number of hydrogen-bond donors (Lipinski definition) is 0. The summed E-state index contributed by atoms with van der Waals surface area (Å²) in [6.07, 6.45) is 9.75. The van der Waals surface area contributed by atoms with E-state index in [9.17, 15) is 0 Å². The normalized spacial score (nSPS) is 11.7. The van der Waals surface area contributed by atoms with E-state index in [1.807, 2.05) is 55.1 Å². The second-order valence-corrected chi connectivity index (χ2v) is 15.0. The Bertz CT molecular complexity index is 3510. The summed E-state index contributed by atoms with van der Waals surface area (Å²) in [6, 6.07) is 62.6. The van der Waals surface area contributed by atoms with Crippen LogP contribution in [0.1, 0.15) is 0 Å². The highest BCUT2D eigenvalue weighted by atomic mass is 15.0. The maximum atomic E-state index is 4.74. The molecule has 5 heterocycles. The molecule has 0 saturated carbocycles. The number of hydrogen-bond acceptors (Lipinski definition) is 3. The van der Waals surface area contributed by atoms with E-state index in [1.54, 1.807) is 0 Å². The summed E-state index contributed by atoms with van der Waals surface area (Å²) in [4.78, 5) is 14.0. The highest BCUT2D eigenvalue weighted by molar-refractivity contribution is 6.19. The molecule has 0 aliphatic heterocycles. The van der Waals surface area contributed by atoms with Gasteiger partial charge in [0.2, 0.25) is 0 Å². The van der Waals surface area contributed by atoms with Gasteiger partial charge in [-0.25, -0.2) is 0 Å². The minimum atomic E-state index is 0.838. The van der Waals surface area contributed by atoms with Gasteiger partial charge < -0.3 is 13.7 Å². The first-order valence-corrected chi connectivity index (χ1v) is 19.8. The summed E-state index contributed by atoms with van der Waals surface area (Å²) in [5, 5.41) is 6.08. The molecule has 59 heavy (non-hydrogen) atoms. The molecule has 6 heteroatoms. The van der Waals surface area contributed by atoms with Crippen LogP contribution in [0.25, 0.3) is 105 Å². The third-order valence-electron chi connectivity index (χ3n) is 11.7. The zero-order valence-corrected chi connectivity index (χ0v) is 31.8. The Labute approximate surface area is 339 Å². The molecule has 0 N–H and O–H groups in total. The molecule has 0 atom stereocenters. The van der Waals surface area contributed by atoms with Crippen LogP contribution in [0.2, 0.25) is 0 Å². The van der Waals surface area contributed by atoms with E-state index in [2.05, 4.69) is 170 Å². The lowest BCUT2D eigenvalue weighted by atomic mass is 10.1. The molecule has 0 radical (unpaired) electrons. The largest absolute Gasteiger partial charge is 0.316 e. The van der Waals surface area contributed by atoms with Gasteiger partial charge in [-0.2, -0.15) is 0 Å². The van der Waals surface area contributed by atoms with Gasteiger partial charge in [-0.05, 0) is 72.3 Å². The first kappa shape index (κ1) is 33.1. The van der Waals surface area contributed by atoms with Crippen molar-refractivity contribution in [1.29, 1.82) is 0 Å². The maximum absolute atomic E-state index is 4.74. The summed E-state index contributed by atoms with van der Waals surface area (Å²) < 4.78 is 7.05. The van der Waals surface area contributed by atoms with Crippen molar-refractivity contribution in [3.8, 4) is 50.7 Å². The van der Waals surface area contributed by atoms with Gasteiger partial charge in [-0.15, -0.1) is 0 Å². The highest BCUT2D eigenvalue weighted by Crippen LogP contribution is 2.40. The lowest BCUT2D eigenvalue weighted by molar-refractivity contribution is 1.12. The molecule has 12 aromatic rings. The van der Waals surface area contributed by atoms with E-state index in [1.165, 1.54) is 43.6 Å². The number of nitrogens with zero attached hydrogens (tertiary/aromatic N) is 6. The predicted octanol–water partition coefficient (Wildman–Crippen LogP) is 13.0. The first-order chi connectivity index (χ1) is 29.3. The monoisotopic (exact) mass is 754 g/mol. The fraction of sp³-hybridized carbons (Fsp3) is 0. The van der Waals surface area contributed by atoms with Gasteiger partial charge in [0.15, 0.2) is 0 Å². The van der Waals surface area contributed by atoms with Crippen LogP contribution in [-0.2, 0) is 0 Å². The minimum absolute atomic E-state index is 0.838. The van der Waals surface area contributed by atoms with Crippen molar-refractivity contribution in [1.82, 2.24) is 28.7 Å². The van der Waals surface area contributed by atoms with Crippen LogP contribution in [0, 0.1) is 0 Å². The van der Waals surface area contributed by atoms with Gasteiger partial charge in [-0.1, -0.05) is 109 Å². The summed E-state index contributed by atoms with van der Waals surface area (Å²) in [7, 11) is 0. The molecule has 0 spiro atoms. The quantitative estimate of drug-likeness (QED) is 0.170. The van der Waals surface area contributed by atoms with Gasteiger partial charge in [0, 0.05) is 79.3 Å². The van der Waals surface area contributed by atoms with Gasteiger partial charge in [-0.3, -0.25) is 15.0 Å². The van der Waals surface area contributed by atoms with Crippen molar-refractivity contribution >= 4 is 54.5 Å². The lowest BCUT2D eigenvalue weighted by Crippen LogP contribution is -1.95. The van der Waals surface area contributed by atoms with Gasteiger partial charge in [0.25, 0.3) is 0 Å². The van der Waals surface area contributed by atoms with Crippen LogP contribution in [0.15, 0.2) is 207 Å². The molecule has 0 unspecified atom stereocenters. The van der Waals surface area contributed by atoms with Crippen LogP contribution >= 0.6 is 0 Å². The fourth-order valence-corrected chi connectivity index (χ4v) is 8.90. The number of aromatic nitrogens is 6. The molecule has 276 valence electrons. The first-order valence-electron chi connectivity index (χ1n) is 19.8. The Kier molecular flexibility index (Phi) is 7.43. The van der Waals surface area contributed by atoms with Crippen molar-refractivity contribution in [2.75, 3.05) is 0 Å². The van der Waals surface area contributed by atoms with Crippen LogP contribution in [-0.4, -0.2) is 28.7 Å². The van der Waals surface area contributed by atoms with Crippen molar-refractivity contribution in [2.45, 2.75) is 0 Å². The Morgan fingerprint density at radius 2 is 0.864 bits per heavy atom. The van der Waals surface area contributed by atoms with Crippen molar-refractivity contribution in [3.05, 3.63) is 207 Å². The number of fused-ring (bicyclic) bond motifs is 7. The SMILES string of the molecule is c1ccc(-c2cnc(-c3ccc(-n4cc(-c5ccc(-n6c7ccccc7c7cc8c9ccccc9n(-c9ccccc9)c8cc76)cc5)c5cnccc54)cc3)cn2)cc1. The minimum Gasteiger partial charge on any atom is -0.316 e. The molecule has 0 fully saturated rings. The van der Waals surface area contributed by atoms with Gasteiger partial charge in [0.1, 0.15) is 0 Å². The smallest absolute Gasteiger partial charge is 0.0885 e. The fourth-order valence-electron chi connectivity index (χ4n) is 8.90. The molecule has 6 nitrogen and oxygen atoms in total. The van der Waals surface area contributed by atoms with Crippen molar-refractivity contribution in [2.24, 2.45) is 0 Å². The van der Waals surface area contributed by atoms with E-state index in [4.69, 9.17) is 9.97 Å². The molecule has 0 bridgehead atoms. The molecule has 5 aromatic heterocycles. The second-order valence-electron chi connectivity index (χ2n) is 15.0. The van der Waals surface area contributed by atoms with Gasteiger partial charge >= 0.3 is 0 Å². The number of benzene rings is 7. The molecular formula is C53H34N6. The third-order valence-corrected chi connectivity index (χ3v) is 11.7. The Balaban J connectivity index is 0.938.